The summed E-state index contributed by atoms with van der Waals surface area (Å²) in [4.78, 5) is 14.6. The van der Waals surface area contributed by atoms with Crippen LogP contribution in [0.3, 0.4) is 0 Å². The molecule has 1 saturated heterocycles. The van der Waals surface area contributed by atoms with Crippen LogP contribution < -0.4 is 0 Å². The Balaban J connectivity index is 1.77. The molecule has 4 rings (SSSR count). The van der Waals surface area contributed by atoms with E-state index in [0.29, 0.717) is 22.8 Å². The second kappa shape index (κ2) is 6.80. The molecule has 140 valence electrons. The molecule has 1 aromatic heterocycles. The molecule has 0 aliphatic carbocycles. The van der Waals surface area contributed by atoms with Crippen molar-refractivity contribution in [3.63, 3.8) is 0 Å². The number of aromatic nitrogens is 1. The molecule has 7 heteroatoms. The van der Waals surface area contributed by atoms with Gasteiger partial charge in [0.15, 0.2) is 9.84 Å². The Labute approximate surface area is 165 Å². The maximum absolute atomic E-state index is 12.7. The van der Waals surface area contributed by atoms with Gasteiger partial charge >= 0.3 is 5.97 Å². The van der Waals surface area contributed by atoms with Crippen molar-refractivity contribution in [2.45, 2.75) is 24.0 Å². The number of hydrogen-bond donors (Lipinski definition) is 2. The average Bonchev–Trinajstić information content (AvgIpc) is 3.05. The number of nitrogens with one attached hydrogen (secondary N) is 1. The zero-order chi connectivity index (χ0) is 19.2. The van der Waals surface area contributed by atoms with Gasteiger partial charge in [-0.1, -0.05) is 46.3 Å². The molecule has 2 atom stereocenters. The molecule has 0 saturated carbocycles. The van der Waals surface area contributed by atoms with Gasteiger partial charge in [0, 0.05) is 16.1 Å². The molecule has 0 spiro atoms. The summed E-state index contributed by atoms with van der Waals surface area (Å²) < 4.78 is 26.0. The van der Waals surface area contributed by atoms with Gasteiger partial charge < -0.3 is 10.1 Å². The minimum atomic E-state index is -3.20. The summed E-state index contributed by atoms with van der Waals surface area (Å²) in [5.74, 6) is -0.824. The fraction of sp³-hybridized carbons (Fsp3) is 0.250. The number of benzene rings is 2. The molecular weight excluding hydrogens is 430 g/mol. The van der Waals surface area contributed by atoms with Gasteiger partial charge in [0.25, 0.3) is 0 Å². The summed E-state index contributed by atoms with van der Waals surface area (Å²) in [7, 11) is -3.20. The van der Waals surface area contributed by atoms with Gasteiger partial charge in [-0.05, 0) is 42.0 Å². The maximum atomic E-state index is 12.7. The fourth-order valence-corrected chi connectivity index (χ4v) is 6.44. The lowest BCUT2D eigenvalue weighted by Gasteiger charge is -2.29. The van der Waals surface area contributed by atoms with Crippen LogP contribution in [0.25, 0.3) is 10.9 Å². The molecule has 1 aliphatic heterocycles. The van der Waals surface area contributed by atoms with E-state index in [1.54, 1.807) is 6.07 Å². The Morgan fingerprint density at radius 3 is 2.63 bits per heavy atom. The predicted molar refractivity (Wildman–Crippen MR) is 108 cm³/mol. The van der Waals surface area contributed by atoms with Gasteiger partial charge in [-0.2, -0.15) is 0 Å². The van der Waals surface area contributed by atoms with Crippen molar-refractivity contribution in [2.24, 2.45) is 0 Å². The molecule has 2 heterocycles. The SMILES string of the molecule is O=C(O)c1cc(Br)cc2c(C3CCS(=O)(=O)C(c4ccccc4)C3)c[nH]c12. The number of H-pyrrole nitrogens is 1. The lowest BCUT2D eigenvalue weighted by atomic mass is 9.89. The van der Waals surface area contributed by atoms with Crippen molar-refractivity contribution in [1.29, 1.82) is 0 Å². The van der Waals surface area contributed by atoms with Crippen molar-refractivity contribution in [2.75, 3.05) is 5.75 Å². The molecule has 2 aromatic carbocycles. The number of aromatic carboxylic acids is 1. The van der Waals surface area contributed by atoms with E-state index in [9.17, 15) is 18.3 Å². The van der Waals surface area contributed by atoms with E-state index in [1.165, 1.54) is 0 Å². The Kier molecular flexibility index (Phi) is 4.60. The zero-order valence-corrected chi connectivity index (χ0v) is 16.8. The fourth-order valence-electron chi connectivity index (χ4n) is 3.99. The van der Waals surface area contributed by atoms with E-state index in [2.05, 4.69) is 20.9 Å². The van der Waals surface area contributed by atoms with E-state index in [0.717, 1.165) is 16.5 Å². The van der Waals surface area contributed by atoms with Crippen molar-refractivity contribution in [3.8, 4) is 0 Å². The zero-order valence-electron chi connectivity index (χ0n) is 14.4. The monoisotopic (exact) mass is 447 g/mol. The van der Waals surface area contributed by atoms with Crippen molar-refractivity contribution < 1.29 is 18.3 Å². The molecule has 27 heavy (non-hydrogen) atoms. The van der Waals surface area contributed by atoms with E-state index in [4.69, 9.17) is 0 Å². The van der Waals surface area contributed by atoms with Gasteiger partial charge in [0.2, 0.25) is 0 Å². The topological polar surface area (TPSA) is 87.2 Å². The van der Waals surface area contributed by atoms with Crippen LogP contribution in [0.2, 0.25) is 0 Å². The summed E-state index contributed by atoms with van der Waals surface area (Å²) in [6.07, 6.45) is 2.86. The van der Waals surface area contributed by atoms with E-state index in [1.807, 2.05) is 42.6 Å². The number of rotatable bonds is 3. The number of carboxylic acid groups (broad SMARTS) is 1. The second-order valence-electron chi connectivity index (χ2n) is 6.91. The minimum Gasteiger partial charge on any atom is -0.478 e. The van der Waals surface area contributed by atoms with Gasteiger partial charge in [-0.3, -0.25) is 0 Å². The lowest BCUT2D eigenvalue weighted by molar-refractivity contribution is 0.0698. The lowest BCUT2D eigenvalue weighted by Crippen LogP contribution is -2.26. The number of halogens is 1. The van der Waals surface area contributed by atoms with Crippen LogP contribution in [0.15, 0.2) is 53.1 Å². The molecule has 2 unspecified atom stereocenters. The quantitative estimate of drug-likeness (QED) is 0.610. The van der Waals surface area contributed by atoms with E-state index >= 15 is 0 Å². The molecule has 1 aliphatic rings. The first-order chi connectivity index (χ1) is 12.9. The Morgan fingerprint density at radius 2 is 1.93 bits per heavy atom. The van der Waals surface area contributed by atoms with Crippen molar-refractivity contribution in [1.82, 2.24) is 4.98 Å². The largest absolute Gasteiger partial charge is 0.478 e. The summed E-state index contributed by atoms with van der Waals surface area (Å²) in [6.45, 7) is 0. The summed E-state index contributed by atoms with van der Waals surface area (Å²) >= 11 is 3.39. The van der Waals surface area contributed by atoms with E-state index in [-0.39, 0.29) is 17.2 Å². The maximum Gasteiger partial charge on any atom is 0.337 e. The van der Waals surface area contributed by atoms with Gasteiger partial charge in [-0.25, -0.2) is 13.2 Å². The van der Waals surface area contributed by atoms with Gasteiger partial charge in [0.05, 0.1) is 22.1 Å². The van der Waals surface area contributed by atoms with Gasteiger partial charge in [0.1, 0.15) is 0 Å². The Morgan fingerprint density at radius 1 is 1.19 bits per heavy atom. The standard InChI is InChI=1S/C20H18BrNO4S/c21-14-9-15-17(11-22-19(15)16(10-14)20(23)24)13-6-7-27(25,26)18(8-13)12-4-2-1-3-5-12/h1-5,9-11,13,18,22H,6-8H2,(H,23,24). The van der Waals surface area contributed by atoms with Crippen LogP contribution in [0.1, 0.15) is 45.5 Å². The van der Waals surface area contributed by atoms with Crippen molar-refractivity contribution >= 4 is 42.6 Å². The molecule has 5 nitrogen and oxygen atoms in total. The normalized spacial score (nSPS) is 22.0. The summed E-state index contributed by atoms with van der Waals surface area (Å²) in [5, 5.41) is 9.76. The molecular formula is C20H18BrNO4S. The van der Waals surface area contributed by atoms with Crippen LogP contribution in [0.4, 0.5) is 0 Å². The first-order valence-corrected chi connectivity index (χ1v) is 11.2. The third-order valence-corrected chi connectivity index (χ3v) is 7.90. The molecule has 0 bridgehead atoms. The predicted octanol–water partition coefficient (Wildman–Crippen LogP) is 4.66. The number of hydrogen-bond acceptors (Lipinski definition) is 3. The highest BCUT2D eigenvalue weighted by atomic mass is 79.9. The Hall–Kier alpha value is -2.12. The smallest absolute Gasteiger partial charge is 0.337 e. The van der Waals surface area contributed by atoms with Gasteiger partial charge in [-0.15, -0.1) is 0 Å². The first kappa shape index (κ1) is 18.3. The number of fused-ring (bicyclic) bond motifs is 1. The highest BCUT2D eigenvalue weighted by molar-refractivity contribution is 9.10. The first-order valence-electron chi connectivity index (χ1n) is 8.67. The molecule has 0 amide bonds. The molecule has 3 aromatic rings. The van der Waals surface area contributed by atoms with Crippen LogP contribution in [-0.2, 0) is 9.84 Å². The number of carbonyl (C=O) groups is 1. The van der Waals surface area contributed by atoms with Crippen molar-refractivity contribution in [3.05, 3.63) is 69.8 Å². The summed E-state index contributed by atoms with van der Waals surface area (Å²) in [6, 6.07) is 12.8. The molecule has 2 N–H and O–H groups in total. The number of aromatic amines is 1. The highest BCUT2D eigenvalue weighted by Crippen LogP contribution is 2.43. The third kappa shape index (κ3) is 3.30. The van der Waals surface area contributed by atoms with E-state index < -0.39 is 21.1 Å². The van der Waals surface area contributed by atoms with Crippen LogP contribution in [0.5, 0.6) is 0 Å². The van der Waals surface area contributed by atoms with Crippen LogP contribution in [0, 0.1) is 0 Å². The number of carboxylic acids is 1. The minimum absolute atomic E-state index is 0.0448. The molecule has 1 fully saturated rings. The average molecular weight is 448 g/mol. The summed E-state index contributed by atoms with van der Waals surface area (Å²) in [5.41, 5.74) is 2.57. The number of sulfone groups is 1. The van der Waals surface area contributed by atoms with Crippen LogP contribution >= 0.6 is 15.9 Å². The van der Waals surface area contributed by atoms with Crippen LogP contribution in [-0.4, -0.2) is 30.2 Å². The molecule has 0 radical (unpaired) electrons. The highest BCUT2D eigenvalue weighted by Gasteiger charge is 2.36. The third-order valence-electron chi connectivity index (χ3n) is 5.31. The second-order valence-corrected chi connectivity index (χ2v) is 10.1. The Bertz CT molecular complexity index is 1120.